The Bertz CT molecular complexity index is 1270. The molecule has 0 unspecified atom stereocenters. The molecule has 4 rings (SSSR count). The molecule has 0 spiro atoms. The van der Waals surface area contributed by atoms with Gasteiger partial charge in [-0.05, 0) is 55.3 Å². The van der Waals surface area contributed by atoms with Crippen LogP contribution in [0.25, 0.3) is 10.2 Å². The van der Waals surface area contributed by atoms with Gasteiger partial charge in [0.1, 0.15) is 0 Å². The normalized spacial score (nSPS) is 10.9. The van der Waals surface area contributed by atoms with Crippen molar-refractivity contribution in [1.82, 2.24) is 9.97 Å². The number of amides is 1. The van der Waals surface area contributed by atoms with Crippen molar-refractivity contribution in [2.24, 2.45) is 0 Å². The SMILES string of the molecule is Cc1cc2nc(N(Cc3ccccn3)C(=O)c3cc([N+](=O)[O-])ccc3Cl)sc2cc1C. The minimum absolute atomic E-state index is 0.0402. The summed E-state index contributed by atoms with van der Waals surface area (Å²) < 4.78 is 0.946. The third kappa shape index (κ3) is 4.26. The summed E-state index contributed by atoms with van der Waals surface area (Å²) in [5.41, 5.74) is 3.51. The minimum Gasteiger partial charge on any atom is -0.278 e. The molecule has 156 valence electrons. The number of carbonyl (C=O) groups excluding carboxylic acids is 1. The number of hydrogen-bond donors (Lipinski definition) is 0. The van der Waals surface area contributed by atoms with Gasteiger partial charge in [0.05, 0.1) is 38.0 Å². The number of thiazole rings is 1. The molecule has 0 atom stereocenters. The number of anilines is 1. The molecule has 0 N–H and O–H groups in total. The van der Waals surface area contributed by atoms with E-state index in [1.807, 2.05) is 32.0 Å². The van der Waals surface area contributed by atoms with E-state index in [0.29, 0.717) is 10.8 Å². The van der Waals surface area contributed by atoms with Crippen LogP contribution in [0.15, 0.2) is 54.7 Å². The van der Waals surface area contributed by atoms with Crippen LogP contribution in [-0.2, 0) is 6.54 Å². The molecular formula is C22H17ClN4O3S. The highest BCUT2D eigenvalue weighted by Crippen LogP contribution is 2.33. The number of fused-ring (bicyclic) bond motifs is 1. The molecule has 0 fully saturated rings. The van der Waals surface area contributed by atoms with Crippen LogP contribution in [0.3, 0.4) is 0 Å². The predicted molar refractivity (Wildman–Crippen MR) is 122 cm³/mol. The number of aryl methyl sites for hydroxylation is 2. The third-order valence-corrected chi connectivity index (χ3v) is 6.28. The lowest BCUT2D eigenvalue weighted by atomic mass is 10.1. The molecule has 2 aromatic heterocycles. The molecule has 2 heterocycles. The Balaban J connectivity index is 1.82. The number of carbonyl (C=O) groups is 1. The fourth-order valence-corrected chi connectivity index (χ4v) is 4.34. The number of non-ortho nitro benzene ring substituents is 1. The average Bonchev–Trinajstić information content (AvgIpc) is 3.15. The molecule has 0 saturated heterocycles. The van der Waals surface area contributed by atoms with Crippen LogP contribution >= 0.6 is 22.9 Å². The maximum atomic E-state index is 13.5. The molecule has 9 heteroatoms. The van der Waals surface area contributed by atoms with E-state index in [1.165, 1.54) is 34.4 Å². The van der Waals surface area contributed by atoms with Crippen LogP contribution in [-0.4, -0.2) is 20.8 Å². The lowest BCUT2D eigenvalue weighted by Gasteiger charge is -2.20. The van der Waals surface area contributed by atoms with Crippen LogP contribution in [0.5, 0.6) is 0 Å². The van der Waals surface area contributed by atoms with Gasteiger partial charge in [0.15, 0.2) is 5.13 Å². The molecule has 0 saturated carbocycles. The lowest BCUT2D eigenvalue weighted by Crippen LogP contribution is -2.31. The second-order valence-corrected chi connectivity index (χ2v) is 8.45. The molecule has 0 bridgehead atoms. The Labute approximate surface area is 187 Å². The van der Waals surface area contributed by atoms with Gasteiger partial charge in [0, 0.05) is 18.3 Å². The van der Waals surface area contributed by atoms with Gasteiger partial charge < -0.3 is 0 Å². The number of nitro groups is 1. The highest BCUT2D eigenvalue weighted by molar-refractivity contribution is 7.22. The largest absolute Gasteiger partial charge is 0.278 e. The number of pyridine rings is 1. The summed E-state index contributed by atoms with van der Waals surface area (Å²) in [6.45, 7) is 4.18. The van der Waals surface area contributed by atoms with E-state index in [2.05, 4.69) is 9.97 Å². The van der Waals surface area contributed by atoms with Gasteiger partial charge in [-0.15, -0.1) is 0 Å². The monoisotopic (exact) mass is 452 g/mol. The van der Waals surface area contributed by atoms with Crippen molar-refractivity contribution in [3.63, 3.8) is 0 Å². The fourth-order valence-electron chi connectivity index (χ4n) is 3.10. The summed E-state index contributed by atoms with van der Waals surface area (Å²) in [6, 6.07) is 13.3. The maximum Gasteiger partial charge on any atom is 0.270 e. The fraction of sp³-hybridized carbons (Fsp3) is 0.136. The molecule has 0 aliphatic rings. The van der Waals surface area contributed by atoms with Gasteiger partial charge >= 0.3 is 0 Å². The van der Waals surface area contributed by atoms with Gasteiger partial charge in [0.25, 0.3) is 11.6 Å². The number of hydrogen-bond acceptors (Lipinski definition) is 6. The summed E-state index contributed by atoms with van der Waals surface area (Å²) >= 11 is 7.62. The zero-order valence-electron chi connectivity index (χ0n) is 16.7. The Morgan fingerprint density at radius 3 is 2.65 bits per heavy atom. The van der Waals surface area contributed by atoms with Crippen LogP contribution in [0, 0.1) is 24.0 Å². The van der Waals surface area contributed by atoms with E-state index in [9.17, 15) is 14.9 Å². The summed E-state index contributed by atoms with van der Waals surface area (Å²) in [5, 5.41) is 11.8. The number of benzene rings is 2. The number of aromatic nitrogens is 2. The van der Waals surface area contributed by atoms with Gasteiger partial charge in [-0.3, -0.25) is 24.8 Å². The lowest BCUT2D eigenvalue weighted by molar-refractivity contribution is -0.384. The summed E-state index contributed by atoms with van der Waals surface area (Å²) in [6.07, 6.45) is 1.64. The molecule has 1 amide bonds. The zero-order valence-corrected chi connectivity index (χ0v) is 18.3. The van der Waals surface area contributed by atoms with Crippen molar-refractivity contribution in [2.75, 3.05) is 4.90 Å². The van der Waals surface area contributed by atoms with Gasteiger partial charge in [0.2, 0.25) is 0 Å². The molecule has 0 aliphatic carbocycles. The number of rotatable bonds is 5. The van der Waals surface area contributed by atoms with Gasteiger partial charge in [-0.2, -0.15) is 0 Å². The predicted octanol–water partition coefficient (Wildman–Crippen LogP) is 5.72. The summed E-state index contributed by atoms with van der Waals surface area (Å²) in [5.74, 6) is -0.480. The number of nitro benzene ring substituents is 1. The number of nitrogens with zero attached hydrogens (tertiary/aromatic N) is 4. The quantitative estimate of drug-likeness (QED) is 0.285. The van der Waals surface area contributed by atoms with Crippen LogP contribution in [0.2, 0.25) is 5.02 Å². The molecule has 2 aromatic carbocycles. The first-order valence-electron chi connectivity index (χ1n) is 9.37. The van der Waals surface area contributed by atoms with E-state index in [1.54, 1.807) is 18.3 Å². The molecule has 4 aromatic rings. The van der Waals surface area contributed by atoms with Crippen molar-refractivity contribution in [3.8, 4) is 0 Å². The van der Waals surface area contributed by atoms with Crippen LogP contribution in [0.1, 0.15) is 27.2 Å². The first-order chi connectivity index (χ1) is 14.8. The van der Waals surface area contributed by atoms with Gasteiger partial charge in [-0.25, -0.2) is 4.98 Å². The Morgan fingerprint density at radius 2 is 1.94 bits per heavy atom. The topological polar surface area (TPSA) is 89.2 Å². The Kier molecular flexibility index (Phi) is 5.67. The van der Waals surface area contributed by atoms with Crippen molar-refractivity contribution in [3.05, 3.63) is 92.2 Å². The van der Waals surface area contributed by atoms with Crippen molar-refractivity contribution >= 4 is 49.9 Å². The van der Waals surface area contributed by atoms with E-state index in [0.717, 1.165) is 21.3 Å². The van der Waals surface area contributed by atoms with E-state index in [4.69, 9.17) is 11.6 Å². The molecular weight excluding hydrogens is 436 g/mol. The first-order valence-corrected chi connectivity index (χ1v) is 10.6. The smallest absolute Gasteiger partial charge is 0.270 e. The van der Waals surface area contributed by atoms with Crippen LogP contribution in [0.4, 0.5) is 10.8 Å². The Morgan fingerprint density at radius 1 is 1.16 bits per heavy atom. The summed E-state index contributed by atoms with van der Waals surface area (Å²) in [7, 11) is 0. The molecule has 31 heavy (non-hydrogen) atoms. The van der Waals surface area contributed by atoms with Crippen molar-refractivity contribution in [1.29, 1.82) is 0 Å². The highest BCUT2D eigenvalue weighted by atomic mass is 35.5. The minimum atomic E-state index is -0.556. The van der Waals surface area contributed by atoms with Crippen LogP contribution < -0.4 is 4.90 Å². The van der Waals surface area contributed by atoms with E-state index in [-0.39, 0.29) is 22.8 Å². The van der Waals surface area contributed by atoms with Crippen molar-refractivity contribution in [2.45, 2.75) is 20.4 Å². The third-order valence-electron chi connectivity index (χ3n) is 4.91. The second-order valence-electron chi connectivity index (χ2n) is 7.03. The molecule has 0 radical (unpaired) electrons. The van der Waals surface area contributed by atoms with E-state index >= 15 is 0 Å². The Hall–Kier alpha value is -3.36. The molecule has 0 aliphatic heterocycles. The number of halogens is 1. The van der Waals surface area contributed by atoms with Crippen molar-refractivity contribution < 1.29 is 9.72 Å². The second kappa shape index (κ2) is 8.41. The van der Waals surface area contributed by atoms with E-state index < -0.39 is 10.8 Å². The average molecular weight is 453 g/mol. The van der Waals surface area contributed by atoms with Gasteiger partial charge in [-0.1, -0.05) is 29.0 Å². The zero-order chi connectivity index (χ0) is 22.1. The highest BCUT2D eigenvalue weighted by Gasteiger charge is 2.26. The maximum absolute atomic E-state index is 13.5. The molecule has 7 nitrogen and oxygen atoms in total. The first kappa shape index (κ1) is 20.9. The standard InChI is InChI=1S/C22H17ClN4O3S/c1-13-9-19-20(10-14(13)2)31-22(25-19)26(12-15-5-3-4-8-24-15)21(28)17-11-16(27(29)30)6-7-18(17)23/h3-11H,12H2,1-2H3. The summed E-state index contributed by atoms with van der Waals surface area (Å²) in [4.78, 5) is 34.6.